The average Bonchev–Trinajstić information content (AvgIpc) is 2.80. The topological polar surface area (TPSA) is 58.6 Å². The van der Waals surface area contributed by atoms with Crippen molar-refractivity contribution >= 4 is 11.8 Å². The molecule has 2 amide bonds. The zero-order chi connectivity index (χ0) is 22.1. The first kappa shape index (κ1) is 22.0. The minimum absolute atomic E-state index is 0.133. The van der Waals surface area contributed by atoms with Gasteiger partial charge in [-0.1, -0.05) is 60.7 Å². The summed E-state index contributed by atoms with van der Waals surface area (Å²) in [4.78, 5) is 27.7. The van der Waals surface area contributed by atoms with Crippen molar-refractivity contribution in [1.82, 2.24) is 10.2 Å². The molecule has 3 aromatic rings. The number of hydrogen-bond donors (Lipinski definition) is 1. The summed E-state index contributed by atoms with van der Waals surface area (Å²) in [6.07, 6.45) is 0. The van der Waals surface area contributed by atoms with Gasteiger partial charge in [0.1, 0.15) is 17.6 Å². The van der Waals surface area contributed by atoms with E-state index in [1.807, 2.05) is 55.5 Å². The fraction of sp³-hybridized carbons (Fsp3) is 0.200. The van der Waals surface area contributed by atoms with Gasteiger partial charge in [-0.25, -0.2) is 4.39 Å². The van der Waals surface area contributed by atoms with Crippen molar-refractivity contribution in [3.05, 3.63) is 102 Å². The van der Waals surface area contributed by atoms with Gasteiger partial charge in [-0.3, -0.25) is 9.59 Å². The first-order valence-electron chi connectivity index (χ1n) is 10.1. The van der Waals surface area contributed by atoms with Crippen molar-refractivity contribution in [3.8, 4) is 5.75 Å². The number of halogens is 1. The number of benzene rings is 3. The van der Waals surface area contributed by atoms with E-state index < -0.39 is 6.04 Å². The summed E-state index contributed by atoms with van der Waals surface area (Å²) in [6, 6.07) is 23.2. The molecule has 31 heavy (non-hydrogen) atoms. The summed E-state index contributed by atoms with van der Waals surface area (Å²) in [5.41, 5.74) is 1.39. The van der Waals surface area contributed by atoms with E-state index in [9.17, 15) is 14.0 Å². The number of nitrogens with one attached hydrogen (secondary N) is 1. The van der Waals surface area contributed by atoms with Crippen LogP contribution in [0.25, 0.3) is 0 Å². The average molecular weight is 420 g/mol. The lowest BCUT2D eigenvalue weighted by Gasteiger charge is -2.31. The van der Waals surface area contributed by atoms with Gasteiger partial charge in [0, 0.05) is 13.1 Å². The molecule has 0 heterocycles. The van der Waals surface area contributed by atoms with Gasteiger partial charge < -0.3 is 15.0 Å². The fourth-order valence-electron chi connectivity index (χ4n) is 3.23. The Balaban J connectivity index is 1.91. The molecule has 1 atom stereocenters. The maximum atomic E-state index is 13.4. The standard InChI is InChI=1S/C25H25FN2O3/c1-2-27-25(30)24(20-9-5-3-6-10-20)28(17-19-13-15-21(26)16-14-19)23(29)18-31-22-11-7-4-8-12-22/h3-16,24H,2,17-18H2,1H3,(H,27,30)/t24-/m0/s1. The van der Waals surface area contributed by atoms with Crippen LogP contribution in [-0.4, -0.2) is 29.9 Å². The summed E-state index contributed by atoms with van der Waals surface area (Å²) in [5, 5.41) is 2.81. The maximum Gasteiger partial charge on any atom is 0.261 e. The largest absolute Gasteiger partial charge is 0.484 e. The van der Waals surface area contributed by atoms with Gasteiger partial charge in [0.05, 0.1) is 0 Å². The molecule has 0 aromatic heterocycles. The van der Waals surface area contributed by atoms with Crippen molar-refractivity contribution in [3.63, 3.8) is 0 Å². The highest BCUT2D eigenvalue weighted by Crippen LogP contribution is 2.24. The van der Waals surface area contributed by atoms with E-state index in [1.54, 1.807) is 24.3 Å². The van der Waals surface area contributed by atoms with Crippen molar-refractivity contribution < 1.29 is 18.7 Å². The normalized spacial score (nSPS) is 11.4. The lowest BCUT2D eigenvalue weighted by Crippen LogP contribution is -2.45. The molecule has 0 fully saturated rings. The summed E-state index contributed by atoms with van der Waals surface area (Å²) in [7, 11) is 0. The van der Waals surface area contributed by atoms with Crippen LogP contribution in [0.3, 0.4) is 0 Å². The molecule has 5 nitrogen and oxygen atoms in total. The molecule has 0 saturated heterocycles. The van der Waals surface area contributed by atoms with Crippen LogP contribution in [-0.2, 0) is 16.1 Å². The smallest absolute Gasteiger partial charge is 0.261 e. The number of hydrogen-bond acceptors (Lipinski definition) is 3. The highest BCUT2D eigenvalue weighted by molar-refractivity contribution is 5.89. The fourth-order valence-corrected chi connectivity index (χ4v) is 3.23. The predicted molar refractivity (Wildman–Crippen MR) is 117 cm³/mol. The van der Waals surface area contributed by atoms with Crippen LogP contribution in [0.5, 0.6) is 5.75 Å². The van der Waals surface area contributed by atoms with Gasteiger partial charge in [0.2, 0.25) is 5.91 Å². The number of nitrogens with zero attached hydrogens (tertiary/aromatic N) is 1. The minimum atomic E-state index is -0.849. The molecule has 1 N–H and O–H groups in total. The second-order valence-corrected chi connectivity index (χ2v) is 6.96. The Hall–Kier alpha value is -3.67. The highest BCUT2D eigenvalue weighted by Gasteiger charge is 2.31. The second kappa shape index (κ2) is 10.9. The molecule has 0 bridgehead atoms. The lowest BCUT2D eigenvalue weighted by molar-refractivity contribution is -0.143. The molecule has 0 unspecified atom stereocenters. The Labute approximate surface area is 181 Å². The number of ether oxygens (including phenoxy) is 1. The number of para-hydroxylation sites is 1. The van der Waals surface area contributed by atoms with Crippen molar-refractivity contribution in [2.75, 3.05) is 13.2 Å². The number of carbonyl (C=O) groups is 2. The molecule has 0 aliphatic carbocycles. The molecule has 0 aliphatic rings. The van der Waals surface area contributed by atoms with Crippen LogP contribution in [0.1, 0.15) is 24.1 Å². The molecule has 160 valence electrons. The molecule has 3 aromatic carbocycles. The van der Waals surface area contributed by atoms with Gasteiger partial charge >= 0.3 is 0 Å². The summed E-state index contributed by atoms with van der Waals surface area (Å²) >= 11 is 0. The highest BCUT2D eigenvalue weighted by atomic mass is 19.1. The second-order valence-electron chi connectivity index (χ2n) is 6.96. The van der Waals surface area contributed by atoms with Crippen LogP contribution >= 0.6 is 0 Å². The number of amides is 2. The zero-order valence-corrected chi connectivity index (χ0v) is 17.3. The Kier molecular flexibility index (Phi) is 7.76. The quantitative estimate of drug-likeness (QED) is 0.567. The van der Waals surface area contributed by atoms with Crippen LogP contribution in [0.2, 0.25) is 0 Å². The molecule has 0 saturated carbocycles. The van der Waals surface area contributed by atoms with E-state index in [-0.39, 0.29) is 30.8 Å². The third kappa shape index (κ3) is 6.15. The first-order valence-corrected chi connectivity index (χ1v) is 10.1. The van der Waals surface area contributed by atoms with Gasteiger partial charge in [-0.2, -0.15) is 0 Å². The van der Waals surface area contributed by atoms with E-state index in [2.05, 4.69) is 5.32 Å². The van der Waals surface area contributed by atoms with Crippen LogP contribution in [0.4, 0.5) is 4.39 Å². The van der Waals surface area contributed by atoms with Crippen molar-refractivity contribution in [1.29, 1.82) is 0 Å². The molecule has 6 heteroatoms. The monoisotopic (exact) mass is 420 g/mol. The minimum Gasteiger partial charge on any atom is -0.484 e. The summed E-state index contributed by atoms with van der Waals surface area (Å²) in [6.45, 7) is 2.16. The van der Waals surface area contributed by atoms with Crippen molar-refractivity contribution in [2.45, 2.75) is 19.5 Å². The van der Waals surface area contributed by atoms with E-state index in [1.165, 1.54) is 17.0 Å². The van der Waals surface area contributed by atoms with E-state index in [4.69, 9.17) is 4.74 Å². The Morgan fingerprint density at radius 1 is 0.935 bits per heavy atom. The van der Waals surface area contributed by atoms with Crippen LogP contribution < -0.4 is 10.1 Å². The molecular formula is C25H25FN2O3. The maximum absolute atomic E-state index is 13.4. The lowest BCUT2D eigenvalue weighted by atomic mass is 10.0. The molecular weight excluding hydrogens is 395 g/mol. The van der Waals surface area contributed by atoms with Gasteiger partial charge in [0.15, 0.2) is 6.61 Å². The third-order valence-corrected chi connectivity index (χ3v) is 4.72. The van der Waals surface area contributed by atoms with Gasteiger partial charge in [0.25, 0.3) is 5.91 Å². The van der Waals surface area contributed by atoms with Crippen molar-refractivity contribution in [2.24, 2.45) is 0 Å². The zero-order valence-electron chi connectivity index (χ0n) is 17.3. The van der Waals surface area contributed by atoms with Crippen LogP contribution in [0, 0.1) is 5.82 Å². The number of carbonyl (C=O) groups excluding carboxylic acids is 2. The van der Waals surface area contributed by atoms with Gasteiger partial charge in [-0.05, 0) is 42.3 Å². The molecule has 3 rings (SSSR count). The van der Waals surface area contributed by atoms with E-state index in [0.717, 1.165) is 0 Å². The first-order chi connectivity index (χ1) is 15.1. The SMILES string of the molecule is CCNC(=O)[C@H](c1ccccc1)N(Cc1ccc(F)cc1)C(=O)COc1ccccc1. The molecule has 0 radical (unpaired) electrons. The van der Waals surface area contributed by atoms with E-state index in [0.29, 0.717) is 23.4 Å². The van der Waals surface area contributed by atoms with Gasteiger partial charge in [-0.15, -0.1) is 0 Å². The number of rotatable bonds is 9. The molecule has 0 spiro atoms. The summed E-state index contributed by atoms with van der Waals surface area (Å²) in [5.74, 6) is -0.443. The Morgan fingerprint density at radius 2 is 1.55 bits per heavy atom. The Bertz CT molecular complexity index is 979. The van der Waals surface area contributed by atoms with Crippen LogP contribution in [0.15, 0.2) is 84.9 Å². The van der Waals surface area contributed by atoms with E-state index >= 15 is 0 Å². The summed E-state index contributed by atoms with van der Waals surface area (Å²) < 4.78 is 19.0. The predicted octanol–water partition coefficient (Wildman–Crippen LogP) is 4.11. The Morgan fingerprint density at radius 3 is 2.16 bits per heavy atom. The third-order valence-electron chi connectivity index (χ3n) is 4.72. The number of likely N-dealkylation sites (N-methyl/N-ethyl adjacent to an activating group) is 1. The molecule has 0 aliphatic heterocycles.